The van der Waals surface area contributed by atoms with E-state index in [9.17, 15) is 9.59 Å². The van der Waals surface area contributed by atoms with Crippen LogP contribution in [0.25, 0.3) is 0 Å². The van der Waals surface area contributed by atoms with Crippen LogP contribution in [0.1, 0.15) is 43.7 Å². The van der Waals surface area contributed by atoms with Crippen LogP contribution in [0.5, 0.6) is 0 Å². The average molecular weight is 300 g/mol. The molecule has 0 radical (unpaired) electrons. The molecule has 0 spiro atoms. The molecule has 1 unspecified atom stereocenters. The van der Waals surface area contributed by atoms with Gasteiger partial charge in [0.2, 0.25) is 11.8 Å². The fraction of sp³-hybridized carbons (Fsp3) is 0.556. The van der Waals surface area contributed by atoms with Gasteiger partial charge in [-0.15, -0.1) is 0 Å². The van der Waals surface area contributed by atoms with Crippen LogP contribution in [0.3, 0.4) is 0 Å². The molecule has 1 aliphatic heterocycles. The fourth-order valence-corrected chi connectivity index (χ4v) is 2.96. The Morgan fingerprint density at radius 2 is 2.00 bits per heavy atom. The first-order chi connectivity index (χ1) is 10.4. The van der Waals surface area contributed by atoms with Crippen molar-refractivity contribution in [1.29, 1.82) is 0 Å². The molecular weight excluding hydrogens is 276 g/mol. The lowest BCUT2D eigenvalue weighted by Crippen LogP contribution is -2.66. The quantitative estimate of drug-likeness (QED) is 0.929. The molecule has 4 nitrogen and oxygen atoms in total. The zero-order valence-corrected chi connectivity index (χ0v) is 13.6. The molecule has 1 saturated carbocycles. The maximum absolute atomic E-state index is 12.6. The first-order valence-corrected chi connectivity index (χ1v) is 8.09. The molecule has 0 aromatic heterocycles. The summed E-state index contributed by atoms with van der Waals surface area (Å²) in [5.74, 6) is 0.609. The molecule has 1 saturated heterocycles. The van der Waals surface area contributed by atoms with Crippen LogP contribution in [0.4, 0.5) is 5.69 Å². The fourth-order valence-electron chi connectivity index (χ4n) is 2.96. The number of amides is 2. The van der Waals surface area contributed by atoms with Gasteiger partial charge < -0.3 is 10.2 Å². The number of carbonyl (C=O) groups is 2. The molecule has 1 heterocycles. The first kappa shape index (κ1) is 15.1. The lowest BCUT2D eigenvalue weighted by molar-refractivity contribution is -0.155. The normalized spacial score (nSPS) is 23.9. The summed E-state index contributed by atoms with van der Waals surface area (Å²) in [4.78, 5) is 26.7. The molecule has 4 heteroatoms. The number of benzene rings is 1. The molecule has 1 aromatic rings. The highest BCUT2D eigenvalue weighted by molar-refractivity contribution is 6.01. The van der Waals surface area contributed by atoms with Crippen molar-refractivity contribution < 1.29 is 9.59 Å². The molecule has 1 N–H and O–H groups in total. The monoisotopic (exact) mass is 300 g/mol. The number of carbonyl (C=O) groups excluding carboxylic acids is 2. The summed E-state index contributed by atoms with van der Waals surface area (Å²) >= 11 is 0. The van der Waals surface area contributed by atoms with Gasteiger partial charge in [-0.3, -0.25) is 9.59 Å². The third kappa shape index (κ3) is 2.74. The maximum Gasteiger partial charge on any atom is 0.250 e. The van der Waals surface area contributed by atoms with Gasteiger partial charge in [-0.2, -0.15) is 0 Å². The van der Waals surface area contributed by atoms with Crippen molar-refractivity contribution >= 4 is 17.5 Å². The first-order valence-electron chi connectivity index (χ1n) is 8.09. The Kier molecular flexibility index (Phi) is 3.71. The minimum absolute atomic E-state index is 0.0776. The smallest absolute Gasteiger partial charge is 0.250 e. The SMILES string of the molecule is Cc1ccc(NC(=O)C2(C)CCN2C(=O)CC2CC2)cc1C. The largest absolute Gasteiger partial charge is 0.328 e. The van der Waals surface area contributed by atoms with Crippen molar-refractivity contribution in [2.45, 2.75) is 52.0 Å². The standard InChI is InChI=1S/C18H24N2O2/c1-12-4-7-15(10-13(12)2)19-17(22)18(3)8-9-20(18)16(21)11-14-5-6-14/h4,7,10,14H,5-6,8-9,11H2,1-3H3,(H,19,22). The third-order valence-electron chi connectivity index (χ3n) is 5.13. The summed E-state index contributed by atoms with van der Waals surface area (Å²) in [6.07, 6.45) is 3.66. The van der Waals surface area contributed by atoms with E-state index < -0.39 is 5.54 Å². The molecule has 0 bridgehead atoms. The minimum Gasteiger partial charge on any atom is -0.328 e. The van der Waals surface area contributed by atoms with Crippen molar-refractivity contribution in [3.8, 4) is 0 Å². The van der Waals surface area contributed by atoms with Gasteiger partial charge in [0.1, 0.15) is 5.54 Å². The summed E-state index contributed by atoms with van der Waals surface area (Å²) in [5, 5.41) is 2.97. The minimum atomic E-state index is -0.690. The Hall–Kier alpha value is -1.84. The second-order valence-corrected chi connectivity index (χ2v) is 6.97. The van der Waals surface area contributed by atoms with E-state index in [0.717, 1.165) is 30.5 Å². The van der Waals surface area contributed by atoms with Gasteiger partial charge in [0.15, 0.2) is 0 Å². The van der Waals surface area contributed by atoms with Crippen LogP contribution in [-0.2, 0) is 9.59 Å². The number of hydrogen-bond donors (Lipinski definition) is 1. The van der Waals surface area contributed by atoms with Crippen molar-refractivity contribution in [2.24, 2.45) is 5.92 Å². The van der Waals surface area contributed by atoms with Crippen LogP contribution in [0.15, 0.2) is 18.2 Å². The Morgan fingerprint density at radius 3 is 2.55 bits per heavy atom. The van der Waals surface area contributed by atoms with Crippen LogP contribution in [0, 0.1) is 19.8 Å². The van der Waals surface area contributed by atoms with Crippen molar-refractivity contribution in [3.63, 3.8) is 0 Å². The van der Waals surface area contributed by atoms with Crippen LogP contribution < -0.4 is 5.32 Å². The highest BCUT2D eigenvalue weighted by atomic mass is 16.2. The molecular formula is C18H24N2O2. The number of nitrogens with one attached hydrogen (secondary N) is 1. The number of hydrogen-bond acceptors (Lipinski definition) is 2. The van der Waals surface area contributed by atoms with E-state index in [-0.39, 0.29) is 11.8 Å². The lowest BCUT2D eigenvalue weighted by atomic mass is 9.85. The zero-order valence-electron chi connectivity index (χ0n) is 13.6. The van der Waals surface area contributed by atoms with E-state index in [4.69, 9.17) is 0 Å². The number of aryl methyl sites for hydroxylation is 2. The summed E-state index contributed by atoms with van der Waals surface area (Å²) in [6, 6.07) is 5.90. The predicted molar refractivity (Wildman–Crippen MR) is 86.6 cm³/mol. The molecule has 1 aliphatic carbocycles. The Labute approximate surface area is 131 Å². The van der Waals surface area contributed by atoms with Crippen LogP contribution in [-0.4, -0.2) is 28.8 Å². The van der Waals surface area contributed by atoms with Gasteiger partial charge >= 0.3 is 0 Å². The van der Waals surface area contributed by atoms with Gasteiger partial charge in [-0.25, -0.2) is 0 Å². The zero-order chi connectivity index (χ0) is 15.9. The van der Waals surface area contributed by atoms with Gasteiger partial charge in [-0.05, 0) is 69.2 Å². The number of anilines is 1. The molecule has 2 amide bonds. The Bertz CT molecular complexity index is 622. The Morgan fingerprint density at radius 1 is 1.27 bits per heavy atom. The van der Waals surface area contributed by atoms with E-state index in [1.807, 2.05) is 39.0 Å². The van der Waals surface area contributed by atoms with E-state index in [1.54, 1.807) is 4.90 Å². The van der Waals surface area contributed by atoms with Gasteiger partial charge in [0, 0.05) is 18.7 Å². The molecule has 2 fully saturated rings. The second-order valence-electron chi connectivity index (χ2n) is 6.97. The van der Waals surface area contributed by atoms with Gasteiger partial charge in [-0.1, -0.05) is 6.07 Å². The van der Waals surface area contributed by atoms with Crippen LogP contribution >= 0.6 is 0 Å². The van der Waals surface area contributed by atoms with E-state index >= 15 is 0 Å². The number of nitrogens with zero attached hydrogens (tertiary/aromatic N) is 1. The number of rotatable bonds is 4. The lowest BCUT2D eigenvalue weighted by Gasteiger charge is -2.49. The van der Waals surface area contributed by atoms with Crippen molar-refractivity contribution in [3.05, 3.63) is 29.3 Å². The van der Waals surface area contributed by atoms with Crippen molar-refractivity contribution in [1.82, 2.24) is 4.90 Å². The van der Waals surface area contributed by atoms with Gasteiger partial charge in [0.05, 0.1) is 0 Å². The highest BCUT2D eigenvalue weighted by Crippen LogP contribution is 2.37. The van der Waals surface area contributed by atoms with Crippen molar-refractivity contribution in [2.75, 3.05) is 11.9 Å². The van der Waals surface area contributed by atoms with Gasteiger partial charge in [0.25, 0.3) is 0 Å². The van der Waals surface area contributed by atoms with Crippen LogP contribution in [0.2, 0.25) is 0 Å². The van der Waals surface area contributed by atoms with E-state index in [0.29, 0.717) is 18.9 Å². The topological polar surface area (TPSA) is 49.4 Å². The maximum atomic E-state index is 12.6. The van der Waals surface area contributed by atoms with E-state index in [2.05, 4.69) is 5.32 Å². The Balaban J connectivity index is 1.67. The molecule has 1 aromatic carbocycles. The molecule has 1 atom stereocenters. The molecule has 3 rings (SSSR count). The highest BCUT2D eigenvalue weighted by Gasteiger charge is 2.49. The summed E-state index contributed by atoms with van der Waals surface area (Å²) < 4.78 is 0. The molecule has 118 valence electrons. The third-order valence-corrected chi connectivity index (χ3v) is 5.13. The van der Waals surface area contributed by atoms with E-state index in [1.165, 1.54) is 5.56 Å². The summed E-state index contributed by atoms with van der Waals surface area (Å²) in [7, 11) is 0. The summed E-state index contributed by atoms with van der Waals surface area (Å²) in [6.45, 7) is 6.65. The summed E-state index contributed by atoms with van der Waals surface area (Å²) in [5.41, 5.74) is 2.47. The molecule has 22 heavy (non-hydrogen) atoms. The number of likely N-dealkylation sites (tertiary alicyclic amines) is 1. The average Bonchev–Trinajstić information content (AvgIpc) is 3.24. The second kappa shape index (κ2) is 5.41. The predicted octanol–water partition coefficient (Wildman–Crippen LogP) is 3.03. The molecule has 2 aliphatic rings.